The number of hydrogen-bond acceptors (Lipinski definition) is 3. The van der Waals surface area contributed by atoms with Gasteiger partial charge in [0.2, 0.25) is 10.0 Å². The standard InChI is InChI=1S/C13H19FN2O3S/c1-4-5-9(3)16-13(17)10-7-12(20(15,18)19)8(2)6-11(10)14/h6-7,9H,4-5H2,1-3H3,(H,16,17)(H2,15,18,19). The van der Waals surface area contributed by atoms with E-state index in [1.54, 1.807) is 6.92 Å². The number of carbonyl (C=O) groups excluding carboxylic acids is 1. The molecule has 0 fully saturated rings. The molecule has 1 unspecified atom stereocenters. The van der Waals surface area contributed by atoms with Gasteiger partial charge in [0.1, 0.15) is 5.82 Å². The predicted octanol–water partition coefficient (Wildman–Crippen LogP) is 1.70. The molecule has 0 aliphatic heterocycles. The van der Waals surface area contributed by atoms with Gasteiger partial charge in [-0.2, -0.15) is 0 Å². The van der Waals surface area contributed by atoms with Crippen LogP contribution in [0.5, 0.6) is 0 Å². The number of primary sulfonamides is 1. The second-order valence-corrected chi connectivity index (χ2v) is 6.34. The highest BCUT2D eigenvalue weighted by Gasteiger charge is 2.20. The summed E-state index contributed by atoms with van der Waals surface area (Å²) in [6.07, 6.45) is 1.63. The highest BCUT2D eigenvalue weighted by Crippen LogP contribution is 2.19. The van der Waals surface area contributed by atoms with Crippen molar-refractivity contribution in [3.63, 3.8) is 0 Å². The summed E-state index contributed by atoms with van der Waals surface area (Å²) in [6, 6.07) is 1.86. The molecule has 0 saturated carbocycles. The third kappa shape index (κ3) is 4.01. The molecule has 0 aromatic heterocycles. The van der Waals surface area contributed by atoms with E-state index < -0.39 is 21.7 Å². The van der Waals surface area contributed by atoms with Gasteiger partial charge >= 0.3 is 0 Å². The van der Waals surface area contributed by atoms with Crippen molar-refractivity contribution in [1.29, 1.82) is 0 Å². The lowest BCUT2D eigenvalue weighted by Gasteiger charge is -2.14. The maximum Gasteiger partial charge on any atom is 0.254 e. The van der Waals surface area contributed by atoms with Crippen LogP contribution in [0.3, 0.4) is 0 Å². The number of aryl methyl sites for hydroxylation is 1. The summed E-state index contributed by atoms with van der Waals surface area (Å²) in [5.41, 5.74) is -0.147. The van der Waals surface area contributed by atoms with Gasteiger partial charge in [0.25, 0.3) is 5.91 Å². The fourth-order valence-electron chi connectivity index (χ4n) is 1.94. The summed E-state index contributed by atoms with van der Waals surface area (Å²) in [5.74, 6) is -1.41. The highest BCUT2D eigenvalue weighted by molar-refractivity contribution is 7.89. The summed E-state index contributed by atoms with van der Waals surface area (Å²) < 4.78 is 36.6. The second-order valence-electron chi connectivity index (χ2n) is 4.81. The van der Waals surface area contributed by atoms with Crippen molar-refractivity contribution in [3.05, 3.63) is 29.1 Å². The monoisotopic (exact) mass is 302 g/mol. The molecule has 1 rings (SSSR count). The molecule has 0 aliphatic carbocycles. The maximum absolute atomic E-state index is 13.8. The molecule has 112 valence electrons. The smallest absolute Gasteiger partial charge is 0.254 e. The third-order valence-corrected chi connectivity index (χ3v) is 3.97. The van der Waals surface area contributed by atoms with Crippen LogP contribution in [-0.2, 0) is 10.0 Å². The van der Waals surface area contributed by atoms with Crippen LogP contribution in [0.15, 0.2) is 17.0 Å². The van der Waals surface area contributed by atoms with Gasteiger partial charge in [-0.3, -0.25) is 4.79 Å². The zero-order valence-electron chi connectivity index (χ0n) is 11.7. The molecule has 20 heavy (non-hydrogen) atoms. The minimum atomic E-state index is -3.99. The van der Waals surface area contributed by atoms with Crippen LogP contribution in [0, 0.1) is 12.7 Å². The van der Waals surface area contributed by atoms with Crippen molar-refractivity contribution in [2.45, 2.75) is 44.6 Å². The molecule has 7 heteroatoms. The normalized spacial score (nSPS) is 13.1. The molecular formula is C13H19FN2O3S. The van der Waals surface area contributed by atoms with E-state index in [9.17, 15) is 17.6 Å². The molecule has 0 saturated heterocycles. The van der Waals surface area contributed by atoms with E-state index in [-0.39, 0.29) is 22.1 Å². The van der Waals surface area contributed by atoms with E-state index in [0.29, 0.717) is 0 Å². The van der Waals surface area contributed by atoms with Crippen molar-refractivity contribution >= 4 is 15.9 Å². The summed E-state index contributed by atoms with van der Waals surface area (Å²) in [5, 5.41) is 7.67. The molecule has 1 amide bonds. The lowest BCUT2D eigenvalue weighted by Crippen LogP contribution is -2.33. The fourth-order valence-corrected chi connectivity index (χ4v) is 2.73. The van der Waals surface area contributed by atoms with Gasteiger partial charge in [0.15, 0.2) is 0 Å². The SMILES string of the molecule is CCCC(C)NC(=O)c1cc(S(N)(=O)=O)c(C)cc1F. The Balaban J connectivity index is 3.16. The van der Waals surface area contributed by atoms with Gasteiger partial charge in [0.05, 0.1) is 10.5 Å². The Hall–Kier alpha value is -1.47. The van der Waals surface area contributed by atoms with Gasteiger partial charge in [-0.1, -0.05) is 13.3 Å². The molecule has 3 N–H and O–H groups in total. The van der Waals surface area contributed by atoms with E-state index in [2.05, 4.69) is 5.32 Å². The molecule has 0 spiro atoms. The Labute approximate surface area is 118 Å². The summed E-state index contributed by atoms with van der Waals surface area (Å²) in [4.78, 5) is 11.7. The van der Waals surface area contributed by atoms with Crippen LogP contribution in [0.4, 0.5) is 4.39 Å². The molecule has 1 atom stereocenters. The van der Waals surface area contributed by atoms with E-state index >= 15 is 0 Å². The largest absolute Gasteiger partial charge is 0.349 e. The molecule has 0 heterocycles. The average molecular weight is 302 g/mol. The van der Waals surface area contributed by atoms with Crippen molar-refractivity contribution < 1.29 is 17.6 Å². The Morgan fingerprint density at radius 3 is 2.55 bits per heavy atom. The average Bonchev–Trinajstić information content (AvgIpc) is 2.26. The zero-order chi connectivity index (χ0) is 15.5. The molecule has 0 aliphatic rings. The first-order valence-electron chi connectivity index (χ1n) is 6.30. The third-order valence-electron chi connectivity index (χ3n) is 2.91. The van der Waals surface area contributed by atoms with Gasteiger partial charge in [-0.05, 0) is 38.0 Å². The number of benzene rings is 1. The first-order chi connectivity index (χ1) is 9.16. The Bertz CT molecular complexity index is 614. The number of nitrogens with two attached hydrogens (primary N) is 1. The topological polar surface area (TPSA) is 89.3 Å². The Morgan fingerprint density at radius 2 is 2.05 bits per heavy atom. The Morgan fingerprint density at radius 1 is 1.45 bits per heavy atom. The van der Waals surface area contributed by atoms with Crippen molar-refractivity contribution in [2.75, 3.05) is 0 Å². The molecule has 0 radical (unpaired) electrons. The van der Waals surface area contributed by atoms with Crippen molar-refractivity contribution in [1.82, 2.24) is 5.32 Å². The van der Waals surface area contributed by atoms with Gasteiger partial charge in [-0.25, -0.2) is 17.9 Å². The van der Waals surface area contributed by atoms with Crippen LogP contribution in [0.2, 0.25) is 0 Å². The number of halogens is 1. The lowest BCUT2D eigenvalue weighted by atomic mass is 10.1. The number of amides is 1. The summed E-state index contributed by atoms with van der Waals surface area (Å²) >= 11 is 0. The molecule has 1 aromatic carbocycles. The van der Waals surface area contributed by atoms with E-state index in [1.807, 2.05) is 6.92 Å². The highest BCUT2D eigenvalue weighted by atomic mass is 32.2. The predicted molar refractivity (Wildman–Crippen MR) is 74.3 cm³/mol. The Kier molecular flexibility index (Phi) is 5.24. The number of sulfonamides is 1. The maximum atomic E-state index is 13.8. The number of nitrogens with one attached hydrogen (secondary N) is 1. The van der Waals surface area contributed by atoms with E-state index in [4.69, 9.17) is 5.14 Å². The minimum Gasteiger partial charge on any atom is -0.349 e. The van der Waals surface area contributed by atoms with Crippen LogP contribution in [0.1, 0.15) is 42.6 Å². The second kappa shape index (κ2) is 6.32. The van der Waals surface area contributed by atoms with Crippen LogP contribution >= 0.6 is 0 Å². The van der Waals surface area contributed by atoms with Gasteiger partial charge < -0.3 is 5.32 Å². The quantitative estimate of drug-likeness (QED) is 0.867. The van der Waals surface area contributed by atoms with Crippen molar-refractivity contribution in [3.8, 4) is 0 Å². The number of rotatable bonds is 5. The van der Waals surface area contributed by atoms with Crippen LogP contribution < -0.4 is 10.5 Å². The summed E-state index contributed by atoms with van der Waals surface area (Å²) in [7, 11) is -3.99. The zero-order valence-corrected chi connectivity index (χ0v) is 12.6. The number of carbonyl (C=O) groups is 1. The summed E-state index contributed by atoms with van der Waals surface area (Å²) in [6.45, 7) is 5.19. The van der Waals surface area contributed by atoms with Crippen molar-refractivity contribution in [2.24, 2.45) is 5.14 Å². The first kappa shape index (κ1) is 16.6. The molecule has 0 bridgehead atoms. The van der Waals surface area contributed by atoms with Crippen LogP contribution in [0.25, 0.3) is 0 Å². The van der Waals surface area contributed by atoms with Gasteiger partial charge in [-0.15, -0.1) is 0 Å². The molecule has 5 nitrogen and oxygen atoms in total. The lowest BCUT2D eigenvalue weighted by molar-refractivity contribution is 0.0934. The minimum absolute atomic E-state index is 0.119. The van der Waals surface area contributed by atoms with E-state index in [1.165, 1.54) is 6.92 Å². The van der Waals surface area contributed by atoms with Gasteiger partial charge in [0, 0.05) is 6.04 Å². The molecular weight excluding hydrogens is 283 g/mol. The van der Waals surface area contributed by atoms with E-state index in [0.717, 1.165) is 25.0 Å². The van der Waals surface area contributed by atoms with Crippen LogP contribution in [-0.4, -0.2) is 20.4 Å². The fraction of sp³-hybridized carbons (Fsp3) is 0.462. The molecule has 1 aromatic rings. The number of hydrogen-bond donors (Lipinski definition) is 2. The first-order valence-corrected chi connectivity index (χ1v) is 7.85.